The van der Waals surface area contributed by atoms with Gasteiger partial charge in [0.2, 0.25) is 0 Å². The molecule has 0 saturated carbocycles. The second-order valence-electron chi connectivity index (χ2n) is 3.57. The molecule has 0 unspecified atom stereocenters. The van der Waals surface area contributed by atoms with Gasteiger partial charge in [0.05, 0.1) is 4.47 Å². The summed E-state index contributed by atoms with van der Waals surface area (Å²) in [6, 6.07) is 6.58. The van der Waals surface area contributed by atoms with Gasteiger partial charge in [-0.05, 0) is 41.1 Å². The molecule has 0 aliphatic rings. The molecule has 0 aliphatic carbocycles. The first-order valence-electron chi connectivity index (χ1n) is 5.47. The Labute approximate surface area is 113 Å². The second kappa shape index (κ2) is 5.77. The van der Waals surface area contributed by atoms with E-state index in [0.717, 1.165) is 12.4 Å². The van der Waals surface area contributed by atoms with Crippen molar-refractivity contribution in [3.63, 3.8) is 0 Å². The van der Waals surface area contributed by atoms with Crippen molar-refractivity contribution in [1.29, 1.82) is 0 Å². The van der Waals surface area contributed by atoms with Crippen LogP contribution in [0.4, 0.5) is 21.7 Å². The predicted octanol–water partition coefficient (Wildman–Crippen LogP) is 3.55. The number of halogens is 2. The zero-order valence-corrected chi connectivity index (χ0v) is 11.3. The molecular weight excluding hydrogens is 299 g/mol. The van der Waals surface area contributed by atoms with Crippen LogP contribution in [0.25, 0.3) is 0 Å². The molecule has 1 heterocycles. The highest BCUT2D eigenvalue weighted by atomic mass is 79.9. The average Bonchev–Trinajstić information content (AvgIpc) is 2.35. The minimum absolute atomic E-state index is 0.319. The first-order valence-corrected chi connectivity index (χ1v) is 6.26. The number of hydrogen-bond donors (Lipinski definition) is 2. The Bertz CT molecular complexity index is 547. The van der Waals surface area contributed by atoms with Crippen molar-refractivity contribution in [2.75, 3.05) is 17.2 Å². The quantitative estimate of drug-likeness (QED) is 0.906. The van der Waals surface area contributed by atoms with E-state index < -0.39 is 0 Å². The molecule has 0 saturated heterocycles. The number of aromatic nitrogens is 2. The lowest BCUT2D eigenvalue weighted by Gasteiger charge is -2.08. The van der Waals surface area contributed by atoms with Crippen molar-refractivity contribution in [3.05, 3.63) is 40.9 Å². The molecule has 1 aromatic heterocycles. The zero-order valence-electron chi connectivity index (χ0n) is 9.74. The minimum atomic E-state index is -0.319. The van der Waals surface area contributed by atoms with E-state index in [-0.39, 0.29) is 5.82 Å². The number of hydrogen-bond acceptors (Lipinski definition) is 4. The fourth-order valence-electron chi connectivity index (χ4n) is 1.43. The van der Waals surface area contributed by atoms with Gasteiger partial charge in [0.15, 0.2) is 0 Å². The van der Waals surface area contributed by atoms with Crippen molar-refractivity contribution >= 4 is 33.3 Å². The van der Waals surface area contributed by atoms with Crippen molar-refractivity contribution in [2.45, 2.75) is 6.92 Å². The number of rotatable bonds is 4. The highest BCUT2D eigenvalue weighted by Gasteiger charge is 2.02. The van der Waals surface area contributed by atoms with Gasteiger partial charge in [-0.3, -0.25) is 0 Å². The van der Waals surface area contributed by atoms with Crippen molar-refractivity contribution in [2.24, 2.45) is 0 Å². The Kier molecular flexibility index (Phi) is 4.09. The summed E-state index contributed by atoms with van der Waals surface area (Å²) in [5.74, 6) is 1.02. The highest BCUT2D eigenvalue weighted by molar-refractivity contribution is 9.10. The largest absolute Gasteiger partial charge is 0.370 e. The lowest BCUT2D eigenvalue weighted by atomic mass is 10.3. The SMILES string of the molecule is CCNc1cc(Nc2ccc(Br)c(F)c2)ncn1. The van der Waals surface area contributed by atoms with E-state index in [1.165, 1.54) is 12.4 Å². The Morgan fingerprint density at radius 1 is 1.22 bits per heavy atom. The van der Waals surface area contributed by atoms with Crippen LogP contribution in [-0.2, 0) is 0 Å². The van der Waals surface area contributed by atoms with E-state index in [4.69, 9.17) is 0 Å². The Morgan fingerprint density at radius 2 is 2.00 bits per heavy atom. The lowest BCUT2D eigenvalue weighted by molar-refractivity contribution is 0.622. The van der Waals surface area contributed by atoms with Crippen LogP contribution < -0.4 is 10.6 Å². The third-order valence-corrected chi connectivity index (χ3v) is 2.86. The van der Waals surface area contributed by atoms with Crippen LogP contribution in [0.1, 0.15) is 6.92 Å². The summed E-state index contributed by atoms with van der Waals surface area (Å²) in [5, 5.41) is 6.10. The Morgan fingerprint density at radius 3 is 2.72 bits per heavy atom. The first kappa shape index (κ1) is 12.8. The highest BCUT2D eigenvalue weighted by Crippen LogP contribution is 2.22. The molecule has 2 rings (SSSR count). The van der Waals surface area contributed by atoms with E-state index in [9.17, 15) is 4.39 Å². The molecule has 0 spiro atoms. The van der Waals surface area contributed by atoms with Gasteiger partial charge >= 0.3 is 0 Å². The van der Waals surface area contributed by atoms with Crippen LogP contribution in [-0.4, -0.2) is 16.5 Å². The Hall–Kier alpha value is -1.69. The lowest BCUT2D eigenvalue weighted by Crippen LogP contribution is -2.01. The van der Waals surface area contributed by atoms with Gasteiger partial charge in [-0.15, -0.1) is 0 Å². The van der Waals surface area contributed by atoms with E-state index in [0.29, 0.717) is 16.0 Å². The van der Waals surface area contributed by atoms with Gasteiger partial charge in [0.1, 0.15) is 23.8 Å². The molecule has 0 aliphatic heterocycles. The van der Waals surface area contributed by atoms with Crippen LogP contribution in [0.2, 0.25) is 0 Å². The summed E-state index contributed by atoms with van der Waals surface area (Å²) in [5.41, 5.74) is 0.636. The molecule has 0 radical (unpaired) electrons. The average molecular weight is 311 g/mol. The maximum Gasteiger partial charge on any atom is 0.139 e. The summed E-state index contributed by atoms with van der Waals surface area (Å²) in [4.78, 5) is 8.13. The minimum Gasteiger partial charge on any atom is -0.370 e. The third-order valence-electron chi connectivity index (χ3n) is 2.22. The molecule has 6 heteroatoms. The summed E-state index contributed by atoms with van der Waals surface area (Å²) >= 11 is 3.11. The van der Waals surface area contributed by atoms with Crippen molar-refractivity contribution in [3.8, 4) is 0 Å². The van der Waals surface area contributed by atoms with Crippen LogP contribution in [0.15, 0.2) is 35.1 Å². The smallest absolute Gasteiger partial charge is 0.139 e. The maximum atomic E-state index is 13.4. The van der Waals surface area contributed by atoms with Gasteiger partial charge < -0.3 is 10.6 Å². The van der Waals surface area contributed by atoms with Crippen molar-refractivity contribution < 1.29 is 4.39 Å². The second-order valence-corrected chi connectivity index (χ2v) is 4.43. The van der Waals surface area contributed by atoms with Gasteiger partial charge in [-0.2, -0.15) is 0 Å². The molecule has 0 amide bonds. The molecule has 94 valence electrons. The number of anilines is 3. The topological polar surface area (TPSA) is 49.8 Å². The van der Waals surface area contributed by atoms with Crippen LogP contribution >= 0.6 is 15.9 Å². The van der Waals surface area contributed by atoms with E-state index in [2.05, 4.69) is 36.5 Å². The monoisotopic (exact) mass is 310 g/mol. The molecule has 1 aromatic carbocycles. The van der Waals surface area contributed by atoms with Crippen LogP contribution in [0, 0.1) is 5.82 Å². The number of nitrogens with zero attached hydrogens (tertiary/aromatic N) is 2. The van der Waals surface area contributed by atoms with Gasteiger partial charge in [-0.25, -0.2) is 14.4 Å². The summed E-state index contributed by atoms with van der Waals surface area (Å²) in [6.07, 6.45) is 1.45. The van der Waals surface area contributed by atoms with Gasteiger partial charge in [0, 0.05) is 18.3 Å². The number of nitrogens with one attached hydrogen (secondary N) is 2. The molecule has 2 N–H and O–H groups in total. The van der Waals surface area contributed by atoms with Gasteiger partial charge in [0.25, 0.3) is 0 Å². The first-order chi connectivity index (χ1) is 8.69. The zero-order chi connectivity index (χ0) is 13.0. The predicted molar refractivity (Wildman–Crippen MR) is 73.6 cm³/mol. The van der Waals surface area contributed by atoms with Crippen LogP contribution in [0.5, 0.6) is 0 Å². The van der Waals surface area contributed by atoms with E-state index in [1.54, 1.807) is 18.2 Å². The standard InChI is InChI=1S/C12H12BrFN4/c1-2-15-11-6-12(17-7-16-11)18-8-3-4-9(13)10(14)5-8/h3-7H,2H2,1H3,(H2,15,16,17,18). The van der Waals surface area contributed by atoms with Crippen LogP contribution in [0.3, 0.4) is 0 Å². The molecule has 2 aromatic rings. The molecule has 4 nitrogen and oxygen atoms in total. The summed E-state index contributed by atoms with van der Waals surface area (Å²) in [6.45, 7) is 2.77. The fourth-order valence-corrected chi connectivity index (χ4v) is 1.67. The molecule has 0 atom stereocenters. The summed E-state index contributed by atoms with van der Waals surface area (Å²) < 4.78 is 13.8. The molecule has 0 bridgehead atoms. The Balaban J connectivity index is 2.17. The van der Waals surface area contributed by atoms with Gasteiger partial charge in [-0.1, -0.05) is 0 Å². The van der Waals surface area contributed by atoms with E-state index in [1.807, 2.05) is 6.92 Å². The van der Waals surface area contributed by atoms with E-state index >= 15 is 0 Å². The van der Waals surface area contributed by atoms with Crippen molar-refractivity contribution in [1.82, 2.24) is 9.97 Å². The molecule has 18 heavy (non-hydrogen) atoms. The maximum absolute atomic E-state index is 13.4. The fraction of sp³-hybridized carbons (Fsp3) is 0.167. The summed E-state index contributed by atoms with van der Waals surface area (Å²) in [7, 11) is 0. The normalized spacial score (nSPS) is 10.2. The third kappa shape index (κ3) is 3.16. The molecular formula is C12H12BrFN4. The molecule has 0 fully saturated rings. The number of benzene rings is 1.